The Kier molecular flexibility index (Phi) is 26.7. The van der Waals surface area contributed by atoms with Gasteiger partial charge in [-0.25, -0.2) is 0 Å². The zero-order chi connectivity index (χ0) is 61.6. The van der Waals surface area contributed by atoms with Crippen molar-refractivity contribution < 1.29 is 29.7 Å². The predicted octanol–water partition coefficient (Wildman–Crippen LogP) is 12.0. The maximum atomic E-state index is 13.3. The Hall–Kier alpha value is -6.57. The van der Waals surface area contributed by atoms with Crippen LogP contribution in [-0.2, 0) is 44.8 Å². The van der Waals surface area contributed by atoms with E-state index in [0.29, 0.717) is 36.9 Å². The molecule has 6 N–H and O–H groups in total. The van der Waals surface area contributed by atoms with Crippen LogP contribution in [0.3, 0.4) is 0 Å². The molecule has 0 unspecified atom stereocenters. The van der Waals surface area contributed by atoms with Crippen molar-refractivity contribution in [3.63, 3.8) is 0 Å². The number of ketones is 1. The van der Waals surface area contributed by atoms with Crippen LogP contribution in [0.25, 0.3) is 0 Å². The molecule has 2 fully saturated rings. The second kappa shape index (κ2) is 31.9. The number of benzene rings is 6. The highest BCUT2D eigenvalue weighted by Crippen LogP contribution is 2.35. The molecule has 86 heavy (non-hydrogen) atoms. The van der Waals surface area contributed by atoms with Crippen LogP contribution in [0.15, 0.2) is 146 Å². The minimum absolute atomic E-state index is 0. The molecule has 0 radical (unpaired) electrons. The fraction of sp³-hybridized carbons (Fsp3) is 0.473. The van der Waals surface area contributed by atoms with Crippen molar-refractivity contribution in [1.82, 2.24) is 25.8 Å². The summed E-state index contributed by atoms with van der Waals surface area (Å²) in [5.41, 5.74) is 3.99. The lowest BCUT2D eigenvalue weighted by molar-refractivity contribution is -0.134. The van der Waals surface area contributed by atoms with Gasteiger partial charge in [0.25, 0.3) is 0 Å². The first kappa shape index (κ1) is 71.9. The average Bonchev–Trinajstić information content (AvgIpc) is 0.849. The van der Waals surface area contributed by atoms with Crippen molar-refractivity contribution >= 4 is 46.4 Å². The summed E-state index contributed by atoms with van der Waals surface area (Å²) in [7, 11) is -2.85. The molecule has 0 saturated carbocycles. The van der Waals surface area contributed by atoms with Gasteiger partial charge in [0.1, 0.15) is 23.0 Å². The van der Waals surface area contributed by atoms with Crippen LogP contribution in [-0.4, -0.2) is 95.1 Å². The molecule has 0 aliphatic carbocycles. The van der Waals surface area contributed by atoms with E-state index < -0.39 is 8.07 Å². The van der Waals surface area contributed by atoms with Gasteiger partial charge in [0.2, 0.25) is 11.8 Å². The number of phenolic OH excluding ortho intramolecular Hbond substituents is 3. The highest BCUT2D eigenvalue weighted by atomic mass is 28.3. The lowest BCUT2D eigenvalue weighted by Crippen LogP contribution is -2.74. The zero-order valence-electron chi connectivity index (χ0n) is 53.0. The lowest BCUT2D eigenvalue weighted by Gasteiger charge is -2.35. The number of carbonyl (C=O) groups is 3. The van der Waals surface area contributed by atoms with Gasteiger partial charge in [0.05, 0.1) is 18.1 Å². The Balaban J connectivity index is 0.000000292. The molecule has 6 aromatic carbocycles. The van der Waals surface area contributed by atoms with Gasteiger partial charge >= 0.3 is 0 Å². The number of hydrogen-bond donors (Lipinski definition) is 6. The molecule has 8 rings (SSSR count). The lowest BCUT2D eigenvalue weighted by atomic mass is 9.83. The van der Waals surface area contributed by atoms with Gasteiger partial charge in [0.15, 0.2) is 8.07 Å². The van der Waals surface area contributed by atoms with Crippen LogP contribution in [0.4, 0.5) is 0 Å². The standard InChI is InChI=1S/C34H38N2O2Si.C20H32N2O2.C18H29NO2.2CH4/c1-26(2)32(34(38)36-23-12-13-24-36)35-25-27-15-14-22-31(33(27)37)39(28-16-6-3-7-17-28,29-18-8-4-9-19-29)30-20-10-5-11-21-30;1-14(2)17(19(24)22-11-6-7-12-22)21-13-15-9-8-10-16(18(15)23)20(3,4)5;1-12(20)16(18(5,6)7)19-11-13-9-8-10-14(15(13)21)17(2,3)4;;/h3-11,14-22,26,32,35,37H,12-13,23-25H2,1-2H3;8-10,14,17,21,23H,6-7,11-13H2,1-5H3;8-10,16,19,21H,11H2,1-7H3;2*1H4/t32-;17-;16-;;/m001../s1. The molecule has 0 aromatic heterocycles. The fourth-order valence-electron chi connectivity index (χ4n) is 11.9. The van der Waals surface area contributed by atoms with Crippen LogP contribution in [0, 0.1) is 17.3 Å². The molecule has 0 spiro atoms. The van der Waals surface area contributed by atoms with Crippen LogP contribution in [0.2, 0.25) is 0 Å². The summed E-state index contributed by atoms with van der Waals surface area (Å²) in [5.74, 6) is 1.82. The SMILES string of the molecule is C.C.CC(=O)[C@@H](NCc1cccc(C(C)(C)C)c1O)C(C)(C)C.CC(C)[C@H](NCc1cccc(C(C)(C)C)c1O)C(=O)N1CCCC1.CC(C)[C@H](NCc1cccc([Si](c2ccccc2)(c2ccccc2)c2ccccc2)c1O)C(=O)N1CCCC1. The zero-order valence-corrected chi connectivity index (χ0v) is 54.0. The van der Waals surface area contributed by atoms with E-state index in [1.165, 1.54) is 15.6 Å². The van der Waals surface area contributed by atoms with Crippen molar-refractivity contribution in [2.75, 3.05) is 26.2 Å². The third kappa shape index (κ3) is 18.0. The fourth-order valence-corrected chi connectivity index (χ4v) is 16.8. The molecule has 11 nitrogen and oxygen atoms in total. The van der Waals surface area contributed by atoms with Crippen molar-refractivity contribution in [2.24, 2.45) is 17.3 Å². The number of rotatable bonds is 18. The molecule has 2 heterocycles. The quantitative estimate of drug-likeness (QED) is 0.0365. The molecule has 2 amide bonds. The summed E-state index contributed by atoms with van der Waals surface area (Å²) in [6.07, 6.45) is 4.35. The molecule has 12 heteroatoms. The number of Topliss-reactive ketones (excluding diaryl/α,β-unsaturated/α-hetero) is 1. The smallest absolute Gasteiger partial charge is 0.239 e. The maximum absolute atomic E-state index is 13.3. The highest BCUT2D eigenvalue weighted by Gasteiger charge is 2.44. The van der Waals surface area contributed by atoms with E-state index in [9.17, 15) is 29.7 Å². The second-order valence-corrected chi connectivity index (χ2v) is 30.6. The second-order valence-electron chi connectivity index (χ2n) is 26.8. The van der Waals surface area contributed by atoms with E-state index in [1.807, 2.05) is 91.2 Å². The number of nitrogens with zero attached hydrogens (tertiary/aromatic N) is 2. The number of likely N-dealkylation sites (tertiary alicyclic amines) is 2. The number of phenols is 3. The minimum atomic E-state index is -2.85. The van der Waals surface area contributed by atoms with Gasteiger partial charge in [-0.3, -0.25) is 14.4 Å². The number of nitrogens with one attached hydrogen (secondary N) is 3. The van der Waals surface area contributed by atoms with E-state index in [-0.39, 0.29) is 78.7 Å². The van der Waals surface area contributed by atoms with E-state index in [2.05, 4.69) is 170 Å². The highest BCUT2D eigenvalue weighted by molar-refractivity contribution is 7.20. The van der Waals surface area contributed by atoms with Crippen LogP contribution in [0.5, 0.6) is 17.2 Å². The van der Waals surface area contributed by atoms with Gasteiger partial charge in [0, 0.05) is 62.5 Å². The average molecular weight is 1190 g/mol. The van der Waals surface area contributed by atoms with Crippen LogP contribution in [0.1, 0.15) is 165 Å². The monoisotopic (exact) mass is 1190 g/mol. The Morgan fingerprint density at radius 3 is 1.07 bits per heavy atom. The number of para-hydroxylation sites is 3. The Morgan fingerprint density at radius 1 is 0.453 bits per heavy atom. The molecule has 468 valence electrons. The summed E-state index contributed by atoms with van der Waals surface area (Å²) in [6.45, 7) is 33.3. The summed E-state index contributed by atoms with van der Waals surface area (Å²) >= 11 is 0. The summed E-state index contributed by atoms with van der Waals surface area (Å²) in [5, 5.41) is 47.8. The maximum Gasteiger partial charge on any atom is 0.239 e. The van der Waals surface area contributed by atoms with Crippen molar-refractivity contribution in [2.45, 2.75) is 186 Å². The molecule has 2 aliphatic heterocycles. The van der Waals surface area contributed by atoms with Crippen LogP contribution >= 0.6 is 0 Å². The topological polar surface area (TPSA) is 154 Å². The van der Waals surface area contributed by atoms with Crippen LogP contribution < -0.4 is 36.7 Å². The van der Waals surface area contributed by atoms with Crippen molar-refractivity contribution in [3.05, 3.63) is 173 Å². The largest absolute Gasteiger partial charge is 0.508 e. The first-order valence-corrected chi connectivity index (χ1v) is 32.6. The molecule has 2 saturated heterocycles. The van der Waals surface area contributed by atoms with Crippen molar-refractivity contribution in [3.8, 4) is 17.2 Å². The van der Waals surface area contributed by atoms with E-state index in [1.54, 1.807) is 6.92 Å². The molecule has 6 aromatic rings. The predicted molar refractivity (Wildman–Crippen MR) is 362 cm³/mol. The van der Waals surface area contributed by atoms with Gasteiger partial charge in [-0.05, 0) is 92.6 Å². The van der Waals surface area contributed by atoms with Gasteiger partial charge in [-0.2, -0.15) is 0 Å². The Bertz CT molecular complexity index is 2970. The third-order valence-corrected chi connectivity index (χ3v) is 21.3. The van der Waals surface area contributed by atoms with Gasteiger partial charge < -0.3 is 41.1 Å². The molecular formula is C74H107N5O6Si. The minimum Gasteiger partial charge on any atom is -0.508 e. The van der Waals surface area contributed by atoms with E-state index >= 15 is 0 Å². The normalized spacial score (nSPS) is 14.7. The summed E-state index contributed by atoms with van der Waals surface area (Å²) < 4.78 is 0. The molecule has 2 aliphatic rings. The van der Waals surface area contributed by atoms with E-state index in [0.717, 1.165) is 84.9 Å². The molecule has 0 bridgehead atoms. The Morgan fingerprint density at radius 2 is 0.767 bits per heavy atom. The number of carbonyl (C=O) groups excluding carboxylic acids is 3. The Labute approximate surface area is 519 Å². The first-order chi connectivity index (χ1) is 39.7. The molecule has 3 atom stereocenters. The van der Waals surface area contributed by atoms with Gasteiger partial charge in [-0.1, -0.05) is 250 Å². The first-order valence-electron chi connectivity index (χ1n) is 30.6. The molecular weight excluding hydrogens is 1080 g/mol. The number of aromatic hydroxyl groups is 3. The third-order valence-electron chi connectivity index (χ3n) is 16.5. The summed E-state index contributed by atoms with van der Waals surface area (Å²) in [6, 6.07) is 48.9. The number of hydrogen-bond acceptors (Lipinski definition) is 9. The number of amides is 2. The van der Waals surface area contributed by atoms with Crippen molar-refractivity contribution in [1.29, 1.82) is 0 Å². The van der Waals surface area contributed by atoms with Gasteiger partial charge in [-0.15, -0.1) is 0 Å². The van der Waals surface area contributed by atoms with E-state index in [4.69, 9.17) is 0 Å². The summed E-state index contributed by atoms with van der Waals surface area (Å²) in [4.78, 5) is 41.7.